The minimum absolute atomic E-state index is 0.553. The van der Waals surface area contributed by atoms with Crippen molar-refractivity contribution in [2.24, 2.45) is 0 Å². The van der Waals surface area contributed by atoms with E-state index in [0.717, 1.165) is 26.9 Å². The van der Waals surface area contributed by atoms with Gasteiger partial charge in [0.2, 0.25) is 5.88 Å². The Bertz CT molecular complexity index is 1140. The van der Waals surface area contributed by atoms with Crippen LogP contribution in [0.3, 0.4) is 0 Å². The molecule has 0 saturated carbocycles. The van der Waals surface area contributed by atoms with Crippen molar-refractivity contribution in [3.05, 3.63) is 76.9 Å². The first-order chi connectivity index (χ1) is 12.7. The second kappa shape index (κ2) is 6.62. The predicted octanol–water partition coefficient (Wildman–Crippen LogP) is 5.13. The fraction of sp³-hybridized carbons (Fsp3) is 0.0500. The standard InChI is InChI=1S/C20H13BrN4O/c1-13-3-2-4-18(24-13)26-15-7-5-14(6-8-15)19-16(11-22)17-12-23-9-10-25(17)20(19)21/h2-10,12H,1H3. The highest BCUT2D eigenvalue weighted by atomic mass is 79.9. The zero-order valence-corrected chi connectivity index (χ0v) is 15.4. The molecule has 0 aliphatic carbocycles. The summed E-state index contributed by atoms with van der Waals surface area (Å²) in [6.07, 6.45) is 5.20. The van der Waals surface area contributed by atoms with Crippen LogP contribution in [0.15, 0.2) is 65.7 Å². The highest BCUT2D eigenvalue weighted by Crippen LogP contribution is 2.36. The molecule has 0 fully saturated rings. The van der Waals surface area contributed by atoms with Crippen LogP contribution in [0, 0.1) is 18.3 Å². The molecule has 0 atom stereocenters. The number of aromatic nitrogens is 3. The molecule has 5 nitrogen and oxygen atoms in total. The summed E-state index contributed by atoms with van der Waals surface area (Å²) >= 11 is 3.60. The van der Waals surface area contributed by atoms with Crippen LogP contribution in [-0.2, 0) is 0 Å². The van der Waals surface area contributed by atoms with Gasteiger partial charge >= 0.3 is 0 Å². The smallest absolute Gasteiger partial charge is 0.219 e. The largest absolute Gasteiger partial charge is 0.439 e. The van der Waals surface area contributed by atoms with Crippen molar-refractivity contribution >= 4 is 21.4 Å². The lowest BCUT2D eigenvalue weighted by molar-refractivity contribution is 0.462. The van der Waals surface area contributed by atoms with Gasteiger partial charge in [0.15, 0.2) is 0 Å². The predicted molar refractivity (Wildman–Crippen MR) is 102 cm³/mol. The molecule has 0 saturated heterocycles. The van der Waals surface area contributed by atoms with E-state index >= 15 is 0 Å². The number of fused-ring (bicyclic) bond motifs is 1. The van der Waals surface area contributed by atoms with Crippen LogP contribution in [0.4, 0.5) is 0 Å². The van der Waals surface area contributed by atoms with Gasteiger partial charge in [-0.25, -0.2) is 4.98 Å². The molecular weight excluding hydrogens is 392 g/mol. The van der Waals surface area contributed by atoms with E-state index in [9.17, 15) is 5.26 Å². The van der Waals surface area contributed by atoms with Crippen molar-refractivity contribution in [1.82, 2.24) is 14.4 Å². The molecule has 4 rings (SSSR count). The number of nitrogens with zero attached hydrogens (tertiary/aromatic N) is 4. The summed E-state index contributed by atoms with van der Waals surface area (Å²) < 4.78 is 8.52. The van der Waals surface area contributed by atoms with Crippen LogP contribution in [0.2, 0.25) is 0 Å². The topological polar surface area (TPSA) is 63.2 Å². The normalized spacial score (nSPS) is 10.7. The lowest BCUT2D eigenvalue weighted by atomic mass is 10.0. The molecule has 3 heterocycles. The minimum atomic E-state index is 0.553. The molecule has 0 bridgehead atoms. The first-order valence-electron chi connectivity index (χ1n) is 7.93. The quantitative estimate of drug-likeness (QED) is 0.474. The zero-order chi connectivity index (χ0) is 18.1. The van der Waals surface area contributed by atoms with Gasteiger partial charge in [0, 0.05) is 29.7 Å². The van der Waals surface area contributed by atoms with Crippen LogP contribution < -0.4 is 4.74 Å². The molecule has 3 aromatic heterocycles. The summed E-state index contributed by atoms with van der Waals surface area (Å²) in [5, 5.41) is 9.62. The number of hydrogen-bond acceptors (Lipinski definition) is 4. The van der Waals surface area contributed by atoms with Crippen LogP contribution in [-0.4, -0.2) is 14.4 Å². The fourth-order valence-corrected chi connectivity index (χ4v) is 3.57. The Morgan fingerprint density at radius 1 is 1.15 bits per heavy atom. The van der Waals surface area contributed by atoms with Crippen molar-refractivity contribution in [2.75, 3.05) is 0 Å². The van der Waals surface area contributed by atoms with Crippen LogP contribution >= 0.6 is 15.9 Å². The molecular formula is C20H13BrN4O. The summed E-state index contributed by atoms with van der Waals surface area (Å²) in [7, 11) is 0. The summed E-state index contributed by atoms with van der Waals surface area (Å²) in [5.74, 6) is 1.24. The minimum Gasteiger partial charge on any atom is -0.439 e. The number of rotatable bonds is 3. The number of pyridine rings is 1. The molecule has 0 aliphatic heterocycles. The molecule has 0 unspecified atom stereocenters. The second-order valence-corrected chi connectivity index (χ2v) is 6.48. The molecule has 4 aromatic rings. The monoisotopic (exact) mass is 404 g/mol. The van der Waals surface area contributed by atoms with Gasteiger partial charge in [-0.05, 0) is 46.6 Å². The van der Waals surface area contributed by atoms with E-state index in [4.69, 9.17) is 4.74 Å². The van der Waals surface area contributed by atoms with Crippen LogP contribution in [0.5, 0.6) is 11.6 Å². The van der Waals surface area contributed by atoms with Gasteiger partial charge in [-0.1, -0.05) is 18.2 Å². The summed E-state index contributed by atoms with van der Waals surface area (Å²) in [6, 6.07) is 15.5. The van der Waals surface area contributed by atoms with Gasteiger partial charge in [0.05, 0.1) is 21.9 Å². The third-order valence-corrected chi connectivity index (χ3v) is 4.80. The van der Waals surface area contributed by atoms with Gasteiger partial charge in [-0.15, -0.1) is 0 Å². The van der Waals surface area contributed by atoms with Crippen molar-refractivity contribution in [3.8, 4) is 28.8 Å². The SMILES string of the molecule is Cc1cccc(Oc2ccc(-c3c(C#N)c4cnccn4c3Br)cc2)n1. The average molecular weight is 405 g/mol. The van der Waals surface area contributed by atoms with Gasteiger partial charge < -0.3 is 9.14 Å². The molecule has 0 amide bonds. The second-order valence-electron chi connectivity index (χ2n) is 5.73. The van der Waals surface area contributed by atoms with E-state index in [-0.39, 0.29) is 0 Å². The van der Waals surface area contributed by atoms with E-state index in [1.54, 1.807) is 12.4 Å². The first-order valence-corrected chi connectivity index (χ1v) is 8.72. The van der Waals surface area contributed by atoms with Crippen molar-refractivity contribution in [2.45, 2.75) is 6.92 Å². The number of nitriles is 1. The molecule has 0 radical (unpaired) electrons. The molecule has 126 valence electrons. The van der Waals surface area contributed by atoms with E-state index in [1.165, 1.54) is 0 Å². The van der Waals surface area contributed by atoms with Crippen LogP contribution in [0.25, 0.3) is 16.6 Å². The van der Waals surface area contributed by atoms with Gasteiger partial charge in [-0.3, -0.25) is 4.98 Å². The molecule has 1 aromatic carbocycles. The molecule has 6 heteroatoms. The number of benzene rings is 1. The Kier molecular flexibility index (Phi) is 4.15. The maximum Gasteiger partial charge on any atom is 0.219 e. The summed E-state index contributed by atoms with van der Waals surface area (Å²) in [6.45, 7) is 1.92. The highest BCUT2D eigenvalue weighted by Gasteiger charge is 2.18. The maximum absolute atomic E-state index is 9.62. The van der Waals surface area contributed by atoms with Gasteiger partial charge in [0.25, 0.3) is 0 Å². The third-order valence-electron chi connectivity index (χ3n) is 4.02. The van der Waals surface area contributed by atoms with Gasteiger partial charge in [-0.2, -0.15) is 5.26 Å². The Morgan fingerprint density at radius 2 is 1.96 bits per heavy atom. The van der Waals surface area contributed by atoms with E-state index in [0.29, 0.717) is 17.2 Å². The summed E-state index contributed by atoms with van der Waals surface area (Å²) in [5.41, 5.74) is 4.00. The Morgan fingerprint density at radius 3 is 2.69 bits per heavy atom. The van der Waals surface area contributed by atoms with Crippen molar-refractivity contribution in [3.63, 3.8) is 0 Å². The zero-order valence-electron chi connectivity index (χ0n) is 13.8. The van der Waals surface area contributed by atoms with Crippen LogP contribution in [0.1, 0.15) is 11.3 Å². The molecule has 0 spiro atoms. The number of hydrogen-bond donors (Lipinski definition) is 0. The number of halogens is 1. The third kappa shape index (κ3) is 2.83. The first kappa shape index (κ1) is 16.3. The number of aryl methyl sites for hydroxylation is 1. The van der Waals surface area contributed by atoms with E-state index < -0.39 is 0 Å². The molecule has 0 aliphatic rings. The Hall–Kier alpha value is -3.17. The average Bonchev–Trinajstić information content (AvgIpc) is 2.95. The fourth-order valence-electron chi connectivity index (χ4n) is 2.83. The highest BCUT2D eigenvalue weighted by molar-refractivity contribution is 9.10. The van der Waals surface area contributed by atoms with Crippen molar-refractivity contribution in [1.29, 1.82) is 5.26 Å². The Balaban J connectivity index is 1.73. The Labute approximate surface area is 158 Å². The molecule has 0 N–H and O–H groups in total. The number of ether oxygens (including phenoxy) is 1. The molecule has 26 heavy (non-hydrogen) atoms. The van der Waals surface area contributed by atoms with E-state index in [2.05, 4.69) is 32.0 Å². The van der Waals surface area contributed by atoms with Gasteiger partial charge in [0.1, 0.15) is 11.8 Å². The lowest BCUT2D eigenvalue weighted by Crippen LogP contribution is -1.89. The lowest BCUT2D eigenvalue weighted by Gasteiger charge is -2.07. The van der Waals surface area contributed by atoms with E-state index in [1.807, 2.05) is 60.0 Å². The summed E-state index contributed by atoms with van der Waals surface area (Å²) in [4.78, 5) is 8.45. The van der Waals surface area contributed by atoms with Crippen molar-refractivity contribution < 1.29 is 4.74 Å². The maximum atomic E-state index is 9.62.